The van der Waals surface area contributed by atoms with Gasteiger partial charge < -0.3 is 24.8 Å². The van der Waals surface area contributed by atoms with Crippen molar-refractivity contribution in [1.29, 1.82) is 0 Å². The monoisotopic (exact) mass is 220 g/mol. The molecule has 0 unspecified atom stereocenters. The van der Waals surface area contributed by atoms with Crippen molar-refractivity contribution in [3.05, 3.63) is 0 Å². The number of carboxylic acid groups (broad SMARTS) is 1. The molecule has 1 rings (SSSR count). The zero-order valence-corrected chi connectivity index (χ0v) is 8.93. The lowest BCUT2D eigenvalue weighted by atomic mass is 9.95. The number of rotatable bonds is 3. The fourth-order valence-electron chi connectivity index (χ4n) is 1.57. The van der Waals surface area contributed by atoms with Crippen LogP contribution in [0.1, 0.15) is 20.8 Å². The standard InChI is InChI=1S/C9H16O6/c1-8(2)14-5(4-10)6(15-8)9(3,13)7(11)12/h5-6,10,13H,4H2,1-3H3,(H,11,12)/t5-,6-,9-/m1/s1. The molecular weight excluding hydrogens is 204 g/mol. The van der Waals surface area contributed by atoms with Crippen LogP contribution in [0.3, 0.4) is 0 Å². The second kappa shape index (κ2) is 3.71. The third kappa shape index (κ3) is 2.28. The highest BCUT2D eigenvalue weighted by molar-refractivity contribution is 5.77. The van der Waals surface area contributed by atoms with Crippen molar-refractivity contribution in [3.63, 3.8) is 0 Å². The van der Waals surface area contributed by atoms with Crippen LogP contribution in [0.2, 0.25) is 0 Å². The Morgan fingerprint density at radius 3 is 2.40 bits per heavy atom. The zero-order valence-electron chi connectivity index (χ0n) is 8.93. The van der Waals surface area contributed by atoms with E-state index in [4.69, 9.17) is 19.7 Å². The summed E-state index contributed by atoms with van der Waals surface area (Å²) in [4.78, 5) is 10.8. The van der Waals surface area contributed by atoms with Gasteiger partial charge in [0.2, 0.25) is 0 Å². The predicted octanol–water partition coefficient (Wildman–Crippen LogP) is -0.666. The van der Waals surface area contributed by atoms with Gasteiger partial charge in [-0.2, -0.15) is 0 Å². The summed E-state index contributed by atoms with van der Waals surface area (Å²) in [5.41, 5.74) is -2.08. The summed E-state index contributed by atoms with van der Waals surface area (Å²) in [5.74, 6) is -2.41. The minimum absolute atomic E-state index is 0.405. The third-order valence-electron chi connectivity index (χ3n) is 2.35. The molecule has 1 saturated heterocycles. The molecule has 1 aliphatic rings. The number of hydrogen-bond acceptors (Lipinski definition) is 5. The zero-order chi connectivity index (χ0) is 11.9. The number of carbonyl (C=O) groups is 1. The Labute approximate surface area is 87.4 Å². The SMILES string of the molecule is CC1(C)O[C@@H]([C@@](C)(O)C(=O)O)[C@@H](CO)O1. The number of aliphatic carboxylic acids is 1. The summed E-state index contributed by atoms with van der Waals surface area (Å²) >= 11 is 0. The number of ether oxygens (including phenoxy) is 2. The second-order valence-corrected chi connectivity index (χ2v) is 4.23. The number of aliphatic hydroxyl groups excluding tert-OH is 1. The van der Waals surface area contributed by atoms with Crippen LogP contribution in [0.25, 0.3) is 0 Å². The molecule has 0 aromatic heterocycles. The molecule has 88 valence electrons. The molecule has 0 aromatic rings. The van der Waals surface area contributed by atoms with Gasteiger partial charge in [0.05, 0.1) is 6.61 Å². The molecule has 0 aliphatic carbocycles. The Bertz CT molecular complexity index is 259. The van der Waals surface area contributed by atoms with E-state index >= 15 is 0 Å². The molecule has 0 saturated carbocycles. The van der Waals surface area contributed by atoms with E-state index in [1.165, 1.54) is 0 Å². The van der Waals surface area contributed by atoms with Crippen LogP contribution in [0.4, 0.5) is 0 Å². The molecule has 0 aromatic carbocycles. The molecule has 0 amide bonds. The molecule has 15 heavy (non-hydrogen) atoms. The first-order chi connectivity index (χ1) is 6.70. The summed E-state index contributed by atoms with van der Waals surface area (Å²) in [6.07, 6.45) is -1.93. The second-order valence-electron chi connectivity index (χ2n) is 4.23. The van der Waals surface area contributed by atoms with Gasteiger partial charge in [0.15, 0.2) is 11.4 Å². The van der Waals surface area contributed by atoms with E-state index in [1.807, 2.05) is 0 Å². The average Bonchev–Trinajstić information content (AvgIpc) is 2.41. The Kier molecular flexibility index (Phi) is 3.06. The minimum Gasteiger partial charge on any atom is -0.479 e. The number of carboxylic acids is 1. The molecule has 1 aliphatic heterocycles. The van der Waals surface area contributed by atoms with Crippen LogP contribution < -0.4 is 0 Å². The van der Waals surface area contributed by atoms with Crippen molar-refractivity contribution in [1.82, 2.24) is 0 Å². The van der Waals surface area contributed by atoms with E-state index < -0.39 is 36.2 Å². The Morgan fingerprint density at radius 2 is 2.00 bits per heavy atom. The minimum atomic E-state index is -2.08. The number of hydrogen-bond donors (Lipinski definition) is 3. The van der Waals surface area contributed by atoms with E-state index in [1.54, 1.807) is 13.8 Å². The van der Waals surface area contributed by atoms with Crippen molar-refractivity contribution in [2.45, 2.75) is 44.4 Å². The quantitative estimate of drug-likeness (QED) is 0.584. The molecule has 3 atom stereocenters. The first-order valence-corrected chi connectivity index (χ1v) is 4.63. The first kappa shape index (κ1) is 12.4. The Hall–Kier alpha value is -0.690. The smallest absolute Gasteiger partial charge is 0.338 e. The maximum absolute atomic E-state index is 10.8. The van der Waals surface area contributed by atoms with E-state index in [9.17, 15) is 9.90 Å². The summed E-state index contributed by atoms with van der Waals surface area (Å²) < 4.78 is 10.5. The van der Waals surface area contributed by atoms with Crippen LogP contribution in [-0.4, -0.2) is 51.5 Å². The van der Waals surface area contributed by atoms with Crippen LogP contribution in [0.5, 0.6) is 0 Å². The van der Waals surface area contributed by atoms with Gasteiger partial charge in [0, 0.05) is 0 Å². The van der Waals surface area contributed by atoms with Gasteiger partial charge in [-0.25, -0.2) is 4.79 Å². The molecule has 1 heterocycles. The van der Waals surface area contributed by atoms with E-state index in [2.05, 4.69) is 0 Å². The fourth-order valence-corrected chi connectivity index (χ4v) is 1.57. The molecule has 6 nitrogen and oxygen atoms in total. The summed E-state index contributed by atoms with van der Waals surface area (Å²) in [7, 11) is 0. The molecule has 0 radical (unpaired) electrons. The maximum Gasteiger partial charge on any atom is 0.338 e. The Morgan fingerprint density at radius 1 is 1.47 bits per heavy atom. The molecule has 1 fully saturated rings. The van der Waals surface area contributed by atoms with Crippen molar-refractivity contribution < 1.29 is 29.6 Å². The van der Waals surface area contributed by atoms with Crippen molar-refractivity contribution in [2.75, 3.05) is 6.61 Å². The molecule has 0 bridgehead atoms. The highest BCUT2D eigenvalue weighted by Crippen LogP contribution is 2.33. The van der Waals surface area contributed by atoms with Crippen LogP contribution in [-0.2, 0) is 14.3 Å². The van der Waals surface area contributed by atoms with Gasteiger partial charge in [0.1, 0.15) is 12.2 Å². The molecule has 0 spiro atoms. The van der Waals surface area contributed by atoms with Crippen LogP contribution in [0.15, 0.2) is 0 Å². The molecule has 3 N–H and O–H groups in total. The predicted molar refractivity (Wildman–Crippen MR) is 49.2 cm³/mol. The summed E-state index contributed by atoms with van der Waals surface area (Å²) in [6.45, 7) is 3.89. The molecular formula is C9H16O6. The maximum atomic E-state index is 10.8. The lowest BCUT2D eigenvalue weighted by molar-refractivity contribution is -0.186. The first-order valence-electron chi connectivity index (χ1n) is 4.63. The van der Waals surface area contributed by atoms with Gasteiger partial charge in [-0.05, 0) is 20.8 Å². The normalized spacial score (nSPS) is 33.7. The topological polar surface area (TPSA) is 96.2 Å². The van der Waals surface area contributed by atoms with E-state index in [-0.39, 0.29) is 0 Å². The fraction of sp³-hybridized carbons (Fsp3) is 0.889. The lowest BCUT2D eigenvalue weighted by Gasteiger charge is -2.27. The summed E-state index contributed by atoms with van der Waals surface area (Å²) in [6, 6.07) is 0. The largest absolute Gasteiger partial charge is 0.479 e. The highest BCUT2D eigenvalue weighted by Gasteiger charge is 2.53. The van der Waals surface area contributed by atoms with Crippen molar-refractivity contribution in [3.8, 4) is 0 Å². The average molecular weight is 220 g/mol. The van der Waals surface area contributed by atoms with Gasteiger partial charge in [-0.3, -0.25) is 0 Å². The van der Waals surface area contributed by atoms with Gasteiger partial charge >= 0.3 is 5.97 Å². The lowest BCUT2D eigenvalue weighted by Crippen LogP contribution is -2.52. The van der Waals surface area contributed by atoms with Crippen molar-refractivity contribution in [2.24, 2.45) is 0 Å². The van der Waals surface area contributed by atoms with Gasteiger partial charge in [-0.15, -0.1) is 0 Å². The van der Waals surface area contributed by atoms with Crippen LogP contribution in [0, 0.1) is 0 Å². The van der Waals surface area contributed by atoms with Crippen molar-refractivity contribution >= 4 is 5.97 Å². The van der Waals surface area contributed by atoms with Gasteiger partial charge in [0.25, 0.3) is 0 Å². The highest BCUT2D eigenvalue weighted by atomic mass is 16.8. The Balaban J connectivity index is 2.90. The molecule has 6 heteroatoms. The van der Waals surface area contributed by atoms with Gasteiger partial charge in [-0.1, -0.05) is 0 Å². The number of aliphatic hydroxyl groups is 2. The van der Waals surface area contributed by atoms with E-state index in [0.29, 0.717) is 0 Å². The third-order valence-corrected chi connectivity index (χ3v) is 2.35. The van der Waals surface area contributed by atoms with E-state index in [0.717, 1.165) is 6.92 Å². The summed E-state index contributed by atoms with van der Waals surface area (Å²) in [5, 5.41) is 27.5. The van der Waals surface area contributed by atoms with Crippen LogP contribution >= 0.6 is 0 Å².